The van der Waals surface area contributed by atoms with Crippen molar-refractivity contribution in [1.82, 2.24) is 10.2 Å². The first kappa shape index (κ1) is 18.4. The summed E-state index contributed by atoms with van der Waals surface area (Å²) in [7, 11) is 2.19. The van der Waals surface area contributed by atoms with E-state index >= 15 is 0 Å². The summed E-state index contributed by atoms with van der Waals surface area (Å²) in [6.07, 6.45) is 6.59. The van der Waals surface area contributed by atoms with Crippen molar-refractivity contribution in [2.75, 3.05) is 20.2 Å². The number of carbonyl (C=O) groups is 1. The Morgan fingerprint density at radius 3 is 2.43 bits per heavy atom. The molecule has 21 heavy (non-hydrogen) atoms. The zero-order chi connectivity index (χ0) is 15.9. The first-order chi connectivity index (χ1) is 9.96. The summed E-state index contributed by atoms with van der Waals surface area (Å²) < 4.78 is 5.27. The summed E-state index contributed by atoms with van der Waals surface area (Å²) in [5.74, 6) is -0.0953. The van der Waals surface area contributed by atoms with Crippen molar-refractivity contribution in [3.05, 3.63) is 0 Å². The molecule has 1 N–H and O–H groups in total. The number of hydrogen-bond donors (Lipinski definition) is 1. The standard InChI is InChI=1S/C17H34N2O2/c1-6-15(7-2)19(5)13-9-12-17(4,16(20)21-8-3)18-14-10-11-14/h14-15,18H,6-13H2,1-5H3. The van der Waals surface area contributed by atoms with Gasteiger partial charge in [-0.1, -0.05) is 13.8 Å². The number of carbonyl (C=O) groups excluding carboxylic acids is 1. The summed E-state index contributed by atoms with van der Waals surface area (Å²) in [5, 5.41) is 3.49. The molecule has 1 aliphatic carbocycles. The van der Waals surface area contributed by atoms with Gasteiger partial charge < -0.3 is 9.64 Å². The Balaban J connectivity index is 2.47. The van der Waals surface area contributed by atoms with Crippen LogP contribution in [0.15, 0.2) is 0 Å². The summed E-state index contributed by atoms with van der Waals surface area (Å²) in [4.78, 5) is 14.7. The first-order valence-electron chi connectivity index (χ1n) is 8.62. The molecule has 0 aromatic heterocycles. The molecule has 0 radical (unpaired) electrons. The molecule has 0 bridgehead atoms. The second kappa shape index (κ2) is 8.74. The molecule has 1 atom stereocenters. The van der Waals surface area contributed by atoms with E-state index in [1.54, 1.807) is 0 Å². The van der Waals surface area contributed by atoms with Crippen LogP contribution in [0.3, 0.4) is 0 Å². The molecule has 1 saturated carbocycles. The molecular weight excluding hydrogens is 264 g/mol. The van der Waals surface area contributed by atoms with Gasteiger partial charge in [0.05, 0.1) is 6.61 Å². The molecule has 0 aromatic carbocycles. The number of nitrogens with zero attached hydrogens (tertiary/aromatic N) is 1. The summed E-state index contributed by atoms with van der Waals surface area (Å²) >= 11 is 0. The normalized spacial score (nSPS) is 18.0. The zero-order valence-corrected chi connectivity index (χ0v) is 14.6. The Morgan fingerprint density at radius 2 is 1.95 bits per heavy atom. The highest BCUT2D eigenvalue weighted by Gasteiger charge is 2.39. The minimum absolute atomic E-state index is 0.0953. The molecule has 0 heterocycles. The monoisotopic (exact) mass is 298 g/mol. The van der Waals surface area contributed by atoms with Gasteiger partial charge in [0.2, 0.25) is 0 Å². The Kier molecular flexibility index (Phi) is 7.67. The van der Waals surface area contributed by atoms with Gasteiger partial charge in [0.1, 0.15) is 5.54 Å². The van der Waals surface area contributed by atoms with Crippen LogP contribution in [0.5, 0.6) is 0 Å². The van der Waals surface area contributed by atoms with E-state index in [-0.39, 0.29) is 5.97 Å². The molecular formula is C17H34N2O2. The van der Waals surface area contributed by atoms with Gasteiger partial charge in [0, 0.05) is 12.1 Å². The minimum atomic E-state index is -0.522. The average Bonchev–Trinajstić information content (AvgIpc) is 3.24. The summed E-state index contributed by atoms with van der Waals surface area (Å²) in [5.41, 5.74) is -0.522. The maximum atomic E-state index is 12.3. The first-order valence-corrected chi connectivity index (χ1v) is 8.62. The van der Waals surface area contributed by atoms with Crippen molar-refractivity contribution < 1.29 is 9.53 Å². The third kappa shape index (κ3) is 5.95. The predicted octanol–water partition coefficient (Wildman–Crippen LogP) is 2.96. The van der Waals surface area contributed by atoms with Gasteiger partial charge in [-0.25, -0.2) is 0 Å². The second-order valence-electron chi connectivity index (χ2n) is 6.53. The van der Waals surface area contributed by atoms with Crippen LogP contribution in [-0.2, 0) is 9.53 Å². The molecule has 1 fully saturated rings. The van der Waals surface area contributed by atoms with Gasteiger partial charge >= 0.3 is 5.97 Å². The van der Waals surface area contributed by atoms with Crippen molar-refractivity contribution in [3.8, 4) is 0 Å². The van der Waals surface area contributed by atoms with Gasteiger partial charge in [-0.2, -0.15) is 0 Å². The minimum Gasteiger partial charge on any atom is -0.465 e. The zero-order valence-electron chi connectivity index (χ0n) is 14.6. The van der Waals surface area contributed by atoms with Gasteiger partial charge in [-0.15, -0.1) is 0 Å². The van der Waals surface area contributed by atoms with E-state index in [4.69, 9.17) is 4.74 Å². The highest BCUT2D eigenvalue weighted by Crippen LogP contribution is 2.26. The Labute approximate surface area is 130 Å². The number of ether oxygens (including phenoxy) is 1. The van der Waals surface area contributed by atoms with Crippen LogP contribution in [-0.4, -0.2) is 48.7 Å². The van der Waals surface area contributed by atoms with E-state index in [1.165, 1.54) is 25.7 Å². The van der Waals surface area contributed by atoms with Crippen LogP contribution in [0.2, 0.25) is 0 Å². The third-order valence-electron chi connectivity index (χ3n) is 4.58. The van der Waals surface area contributed by atoms with E-state index < -0.39 is 5.54 Å². The van der Waals surface area contributed by atoms with E-state index in [0.29, 0.717) is 18.7 Å². The molecule has 0 amide bonds. The lowest BCUT2D eigenvalue weighted by Gasteiger charge is -2.31. The van der Waals surface area contributed by atoms with Crippen molar-refractivity contribution in [3.63, 3.8) is 0 Å². The maximum absolute atomic E-state index is 12.3. The fraction of sp³-hybridized carbons (Fsp3) is 0.941. The van der Waals surface area contributed by atoms with Crippen LogP contribution in [0.4, 0.5) is 0 Å². The maximum Gasteiger partial charge on any atom is 0.326 e. The van der Waals surface area contributed by atoms with Gasteiger partial charge in [-0.3, -0.25) is 10.1 Å². The molecule has 124 valence electrons. The predicted molar refractivity (Wildman–Crippen MR) is 87.4 cm³/mol. The van der Waals surface area contributed by atoms with E-state index in [1.807, 2.05) is 13.8 Å². The third-order valence-corrected chi connectivity index (χ3v) is 4.58. The molecule has 0 aliphatic heterocycles. The van der Waals surface area contributed by atoms with Gasteiger partial charge in [0.25, 0.3) is 0 Å². The largest absolute Gasteiger partial charge is 0.465 e. The Morgan fingerprint density at radius 1 is 1.33 bits per heavy atom. The molecule has 1 aliphatic rings. The van der Waals surface area contributed by atoms with Crippen molar-refractivity contribution in [2.24, 2.45) is 0 Å². The van der Waals surface area contributed by atoms with Crippen molar-refractivity contribution in [2.45, 2.75) is 83.8 Å². The fourth-order valence-corrected chi connectivity index (χ4v) is 2.98. The number of nitrogens with one attached hydrogen (secondary N) is 1. The molecule has 1 unspecified atom stereocenters. The van der Waals surface area contributed by atoms with E-state index in [9.17, 15) is 4.79 Å². The van der Waals surface area contributed by atoms with Crippen LogP contribution < -0.4 is 5.32 Å². The van der Waals surface area contributed by atoms with Crippen LogP contribution >= 0.6 is 0 Å². The van der Waals surface area contributed by atoms with E-state index in [0.717, 1.165) is 19.4 Å². The van der Waals surface area contributed by atoms with Gasteiger partial charge in [0.15, 0.2) is 0 Å². The fourth-order valence-electron chi connectivity index (χ4n) is 2.98. The summed E-state index contributed by atoms with van der Waals surface area (Å²) in [6, 6.07) is 1.16. The topological polar surface area (TPSA) is 41.6 Å². The second-order valence-corrected chi connectivity index (χ2v) is 6.53. The smallest absolute Gasteiger partial charge is 0.326 e. The Hall–Kier alpha value is -0.610. The molecule has 1 rings (SSSR count). The number of esters is 1. The molecule has 4 nitrogen and oxygen atoms in total. The van der Waals surface area contributed by atoms with E-state index in [2.05, 4.69) is 31.1 Å². The molecule has 0 spiro atoms. The van der Waals surface area contributed by atoms with Crippen LogP contribution in [0.1, 0.15) is 66.2 Å². The van der Waals surface area contributed by atoms with Crippen LogP contribution in [0.25, 0.3) is 0 Å². The lowest BCUT2D eigenvalue weighted by molar-refractivity contribution is -0.151. The molecule has 0 saturated heterocycles. The Bertz CT molecular complexity index is 314. The highest BCUT2D eigenvalue weighted by molar-refractivity contribution is 5.80. The van der Waals surface area contributed by atoms with Crippen molar-refractivity contribution in [1.29, 1.82) is 0 Å². The van der Waals surface area contributed by atoms with Gasteiger partial charge in [-0.05, 0) is 66.0 Å². The molecule has 0 aromatic rings. The number of rotatable bonds is 11. The highest BCUT2D eigenvalue weighted by atomic mass is 16.5. The SMILES string of the molecule is CCOC(=O)C(C)(CCCN(C)C(CC)CC)NC1CC1. The number of hydrogen-bond acceptors (Lipinski definition) is 4. The lowest BCUT2D eigenvalue weighted by Crippen LogP contribution is -2.52. The van der Waals surface area contributed by atoms with Crippen LogP contribution in [0, 0.1) is 0 Å². The molecule has 4 heteroatoms. The van der Waals surface area contributed by atoms with Crippen molar-refractivity contribution >= 4 is 5.97 Å². The average molecular weight is 298 g/mol. The summed E-state index contributed by atoms with van der Waals surface area (Å²) in [6.45, 7) is 9.84. The quantitative estimate of drug-likeness (QED) is 0.596. The lowest BCUT2D eigenvalue weighted by atomic mass is 9.95.